The van der Waals surface area contributed by atoms with Crippen molar-refractivity contribution in [3.05, 3.63) is 71.9 Å². The van der Waals surface area contributed by atoms with Gasteiger partial charge >= 0.3 is 5.97 Å². The molecule has 0 radical (unpaired) electrons. The molecular weight excluding hydrogens is 510 g/mol. The van der Waals surface area contributed by atoms with Crippen LogP contribution in [0.4, 0.5) is 0 Å². The number of carboxylic acids is 1. The predicted molar refractivity (Wildman–Crippen MR) is 149 cm³/mol. The van der Waals surface area contributed by atoms with Gasteiger partial charge in [-0.15, -0.1) is 0 Å². The molecule has 1 aromatic heterocycles. The minimum Gasteiger partial charge on any atom is -0.480 e. The lowest BCUT2D eigenvalue weighted by molar-refractivity contribution is -0.152. The van der Waals surface area contributed by atoms with Gasteiger partial charge in [-0.25, -0.2) is 4.79 Å². The normalized spacial score (nSPS) is 20.4. The van der Waals surface area contributed by atoms with Crippen LogP contribution in [0, 0.1) is 0 Å². The largest absolute Gasteiger partial charge is 0.480 e. The van der Waals surface area contributed by atoms with Crippen LogP contribution in [0.2, 0.25) is 0 Å². The lowest BCUT2D eigenvalue weighted by Crippen LogP contribution is -2.57. The molecule has 2 fully saturated rings. The maximum Gasteiger partial charge on any atom is 0.326 e. The zero-order valence-corrected chi connectivity index (χ0v) is 22.3. The molecule has 210 valence electrons. The highest BCUT2D eigenvalue weighted by Crippen LogP contribution is 2.27. The molecule has 3 aromatic rings. The van der Waals surface area contributed by atoms with Gasteiger partial charge in [0.25, 0.3) is 0 Å². The molecule has 3 heterocycles. The molecule has 0 aliphatic carbocycles. The summed E-state index contributed by atoms with van der Waals surface area (Å²) in [6, 6.07) is 13.7. The van der Waals surface area contributed by atoms with Crippen molar-refractivity contribution in [2.45, 2.75) is 62.7 Å². The Morgan fingerprint density at radius 2 is 1.60 bits per heavy atom. The number of nitrogens with zero attached hydrogens (tertiary/aromatic N) is 2. The van der Waals surface area contributed by atoms with E-state index in [9.17, 15) is 24.3 Å². The SMILES string of the molecule is NC(Cc1ccccc1)C(=O)NC(Cc1c[nH]c2ccccc12)C(=O)N1CCCC1C(=O)N1CCCC1C(=O)O. The number of para-hydroxylation sites is 1. The van der Waals surface area contributed by atoms with Gasteiger partial charge < -0.3 is 30.9 Å². The molecular formula is C30H35N5O5. The van der Waals surface area contributed by atoms with Crippen molar-refractivity contribution in [1.29, 1.82) is 0 Å². The fourth-order valence-corrected chi connectivity index (χ4v) is 5.93. The molecule has 5 N–H and O–H groups in total. The van der Waals surface area contributed by atoms with Crippen molar-refractivity contribution >= 4 is 34.6 Å². The van der Waals surface area contributed by atoms with E-state index in [1.54, 1.807) is 0 Å². The third-order valence-corrected chi connectivity index (χ3v) is 7.99. The van der Waals surface area contributed by atoms with Gasteiger partial charge in [0, 0.05) is 36.6 Å². The van der Waals surface area contributed by atoms with E-state index in [-0.39, 0.29) is 18.2 Å². The Kier molecular flexibility index (Phi) is 8.16. The van der Waals surface area contributed by atoms with Gasteiger partial charge in [0.1, 0.15) is 18.1 Å². The number of H-pyrrole nitrogens is 1. The van der Waals surface area contributed by atoms with Crippen molar-refractivity contribution in [1.82, 2.24) is 20.1 Å². The number of nitrogens with one attached hydrogen (secondary N) is 2. The molecule has 3 amide bonds. The van der Waals surface area contributed by atoms with Crippen LogP contribution in [0.25, 0.3) is 10.9 Å². The Hall–Kier alpha value is -4.18. The fraction of sp³-hybridized carbons (Fsp3) is 0.400. The molecule has 0 spiro atoms. The number of nitrogens with two attached hydrogens (primary N) is 1. The van der Waals surface area contributed by atoms with Crippen LogP contribution in [0.1, 0.15) is 36.8 Å². The Morgan fingerprint density at radius 1 is 0.925 bits per heavy atom. The smallest absolute Gasteiger partial charge is 0.326 e. The van der Waals surface area contributed by atoms with Crippen molar-refractivity contribution in [2.24, 2.45) is 5.73 Å². The highest BCUT2D eigenvalue weighted by molar-refractivity contribution is 5.95. The molecule has 0 bridgehead atoms. The summed E-state index contributed by atoms with van der Waals surface area (Å²) in [6.07, 6.45) is 4.45. The summed E-state index contributed by atoms with van der Waals surface area (Å²) in [4.78, 5) is 58.6. The number of likely N-dealkylation sites (tertiary alicyclic amines) is 2. The maximum atomic E-state index is 14.0. The second-order valence-electron chi connectivity index (χ2n) is 10.6. The summed E-state index contributed by atoms with van der Waals surface area (Å²) in [5.41, 5.74) is 8.94. The Labute approximate surface area is 232 Å². The monoisotopic (exact) mass is 545 g/mol. The topological polar surface area (TPSA) is 149 Å². The lowest BCUT2D eigenvalue weighted by Gasteiger charge is -2.32. The fourth-order valence-electron chi connectivity index (χ4n) is 5.93. The first-order chi connectivity index (χ1) is 19.3. The number of carbonyl (C=O) groups excluding carboxylic acids is 3. The lowest BCUT2D eigenvalue weighted by atomic mass is 10.0. The molecule has 5 rings (SSSR count). The summed E-state index contributed by atoms with van der Waals surface area (Å²) in [5, 5.41) is 13.4. The Morgan fingerprint density at radius 3 is 2.35 bits per heavy atom. The quantitative estimate of drug-likeness (QED) is 0.322. The second-order valence-corrected chi connectivity index (χ2v) is 10.6. The van der Waals surface area contributed by atoms with E-state index < -0.39 is 36.0 Å². The highest BCUT2D eigenvalue weighted by atomic mass is 16.4. The number of hydrogen-bond acceptors (Lipinski definition) is 5. The van der Waals surface area contributed by atoms with E-state index in [1.165, 1.54) is 9.80 Å². The van der Waals surface area contributed by atoms with Crippen LogP contribution in [0.5, 0.6) is 0 Å². The van der Waals surface area contributed by atoms with E-state index in [4.69, 9.17) is 5.73 Å². The molecule has 40 heavy (non-hydrogen) atoms. The molecule has 0 saturated carbocycles. The number of benzene rings is 2. The van der Waals surface area contributed by atoms with Gasteiger partial charge in [0.15, 0.2) is 0 Å². The van der Waals surface area contributed by atoms with E-state index in [0.717, 1.165) is 22.0 Å². The molecule has 4 atom stereocenters. The number of aromatic amines is 1. The number of rotatable bonds is 9. The number of fused-ring (bicyclic) bond motifs is 1. The van der Waals surface area contributed by atoms with Gasteiger partial charge in [0.05, 0.1) is 6.04 Å². The third kappa shape index (κ3) is 5.72. The molecule has 2 aliphatic heterocycles. The van der Waals surface area contributed by atoms with E-state index in [2.05, 4.69) is 10.3 Å². The number of carboxylic acid groups (broad SMARTS) is 1. The molecule has 10 nitrogen and oxygen atoms in total. The number of aromatic nitrogens is 1. The van der Waals surface area contributed by atoms with Gasteiger partial charge in [-0.3, -0.25) is 14.4 Å². The maximum absolute atomic E-state index is 14.0. The van der Waals surface area contributed by atoms with Crippen LogP contribution in [-0.2, 0) is 32.0 Å². The summed E-state index contributed by atoms with van der Waals surface area (Å²) < 4.78 is 0. The summed E-state index contributed by atoms with van der Waals surface area (Å²) >= 11 is 0. The summed E-state index contributed by atoms with van der Waals surface area (Å²) in [6.45, 7) is 0.718. The van der Waals surface area contributed by atoms with Crippen LogP contribution in [-0.4, -0.2) is 80.8 Å². The number of hydrogen-bond donors (Lipinski definition) is 4. The third-order valence-electron chi connectivity index (χ3n) is 7.99. The molecule has 2 aliphatic rings. The number of aliphatic carboxylic acids is 1. The first kappa shape index (κ1) is 27.4. The van der Waals surface area contributed by atoms with Crippen LogP contribution in [0.3, 0.4) is 0 Å². The second kappa shape index (κ2) is 11.9. The molecule has 10 heteroatoms. The first-order valence-corrected chi connectivity index (χ1v) is 13.8. The number of carbonyl (C=O) groups is 4. The zero-order valence-electron chi connectivity index (χ0n) is 22.3. The standard InChI is InChI=1S/C30H35N5O5/c31-22(16-19-8-2-1-3-9-19)27(36)33-24(17-20-18-32-23-11-5-4-10-21(20)23)28(37)34-14-6-12-25(34)29(38)35-15-7-13-26(35)30(39)40/h1-5,8-11,18,22,24-26,32H,6-7,12-17,31H2,(H,33,36)(H,39,40). The van der Waals surface area contributed by atoms with Gasteiger partial charge in [0.2, 0.25) is 17.7 Å². The zero-order chi connectivity index (χ0) is 28.2. The van der Waals surface area contributed by atoms with Crippen molar-refractivity contribution < 1.29 is 24.3 Å². The molecule has 4 unspecified atom stereocenters. The van der Waals surface area contributed by atoms with Crippen molar-refractivity contribution in [3.8, 4) is 0 Å². The highest BCUT2D eigenvalue weighted by Gasteiger charge is 2.43. The van der Waals surface area contributed by atoms with E-state index in [1.807, 2.05) is 60.8 Å². The van der Waals surface area contributed by atoms with Gasteiger partial charge in [-0.1, -0.05) is 48.5 Å². The van der Waals surface area contributed by atoms with Gasteiger partial charge in [-0.05, 0) is 49.3 Å². The average molecular weight is 546 g/mol. The van der Waals surface area contributed by atoms with E-state index in [0.29, 0.717) is 45.2 Å². The van der Waals surface area contributed by atoms with Crippen LogP contribution in [0.15, 0.2) is 60.8 Å². The van der Waals surface area contributed by atoms with E-state index >= 15 is 0 Å². The minimum atomic E-state index is -1.03. The Bertz CT molecular complexity index is 1390. The van der Waals surface area contributed by atoms with Crippen LogP contribution >= 0.6 is 0 Å². The van der Waals surface area contributed by atoms with Gasteiger partial charge in [-0.2, -0.15) is 0 Å². The molecule has 2 saturated heterocycles. The predicted octanol–water partition coefficient (Wildman–Crippen LogP) is 1.83. The Balaban J connectivity index is 1.37. The molecule has 2 aromatic carbocycles. The summed E-state index contributed by atoms with van der Waals surface area (Å²) in [5.74, 6) is -2.19. The summed E-state index contributed by atoms with van der Waals surface area (Å²) in [7, 11) is 0. The minimum absolute atomic E-state index is 0.214. The van der Waals surface area contributed by atoms with Crippen LogP contribution < -0.4 is 11.1 Å². The average Bonchev–Trinajstić information content (AvgIpc) is 3.73. The number of amides is 3. The first-order valence-electron chi connectivity index (χ1n) is 13.8. The van der Waals surface area contributed by atoms with Crippen molar-refractivity contribution in [3.63, 3.8) is 0 Å². The van der Waals surface area contributed by atoms with Crippen molar-refractivity contribution in [2.75, 3.05) is 13.1 Å².